The molecule has 0 saturated carbocycles. The molecular formula is C9H14N4O2S. The van der Waals surface area contributed by atoms with E-state index in [-0.39, 0.29) is 24.3 Å². The van der Waals surface area contributed by atoms with Gasteiger partial charge in [0.1, 0.15) is 4.88 Å². The number of aromatic nitrogens is 1. The normalized spacial score (nSPS) is 11.8. The average Bonchev–Trinajstić information content (AvgIpc) is 2.77. The van der Waals surface area contributed by atoms with Crippen molar-refractivity contribution in [2.24, 2.45) is 10.9 Å². The van der Waals surface area contributed by atoms with Crippen LogP contribution in [0.1, 0.15) is 23.5 Å². The Hall–Kier alpha value is -1.63. The van der Waals surface area contributed by atoms with Crippen molar-refractivity contribution in [3.63, 3.8) is 0 Å². The molecule has 1 rings (SSSR count). The molecule has 6 nitrogen and oxygen atoms in total. The summed E-state index contributed by atoms with van der Waals surface area (Å²) in [6, 6.07) is -0.0325. The third-order valence-electron chi connectivity index (χ3n) is 1.99. The van der Waals surface area contributed by atoms with Crippen LogP contribution in [0, 0.1) is 0 Å². The van der Waals surface area contributed by atoms with Crippen LogP contribution in [-0.2, 0) is 0 Å². The van der Waals surface area contributed by atoms with Gasteiger partial charge < -0.3 is 15.8 Å². The van der Waals surface area contributed by atoms with Crippen molar-refractivity contribution in [1.29, 1.82) is 0 Å². The minimum absolute atomic E-state index is 0.00608. The summed E-state index contributed by atoms with van der Waals surface area (Å²) < 4.78 is 0. The van der Waals surface area contributed by atoms with Crippen LogP contribution in [0.5, 0.6) is 0 Å². The van der Waals surface area contributed by atoms with Gasteiger partial charge >= 0.3 is 0 Å². The first-order chi connectivity index (χ1) is 7.56. The van der Waals surface area contributed by atoms with E-state index >= 15 is 0 Å². The van der Waals surface area contributed by atoms with E-state index in [2.05, 4.69) is 10.1 Å². The van der Waals surface area contributed by atoms with Crippen molar-refractivity contribution < 1.29 is 10.0 Å². The first-order valence-electron chi connectivity index (χ1n) is 4.72. The molecular weight excluding hydrogens is 228 g/mol. The first-order valence-corrected chi connectivity index (χ1v) is 5.60. The summed E-state index contributed by atoms with van der Waals surface area (Å²) in [5, 5.41) is 11.4. The van der Waals surface area contributed by atoms with Gasteiger partial charge in [-0.25, -0.2) is 0 Å². The van der Waals surface area contributed by atoms with Gasteiger partial charge in [-0.2, -0.15) is 0 Å². The molecule has 0 aromatic carbocycles. The number of hydrogen-bond acceptors (Lipinski definition) is 5. The number of oxime groups is 1. The molecule has 0 bridgehead atoms. The highest BCUT2D eigenvalue weighted by Crippen LogP contribution is 2.11. The third-order valence-corrected chi connectivity index (χ3v) is 2.75. The van der Waals surface area contributed by atoms with Crippen molar-refractivity contribution in [3.05, 3.63) is 16.6 Å². The zero-order chi connectivity index (χ0) is 12.1. The van der Waals surface area contributed by atoms with Gasteiger partial charge in [0.15, 0.2) is 5.84 Å². The summed E-state index contributed by atoms with van der Waals surface area (Å²) >= 11 is 1.27. The lowest BCUT2D eigenvalue weighted by Crippen LogP contribution is -2.42. The molecule has 0 radical (unpaired) electrons. The predicted molar refractivity (Wildman–Crippen MR) is 61.7 cm³/mol. The van der Waals surface area contributed by atoms with Gasteiger partial charge in [-0.05, 0) is 13.8 Å². The minimum atomic E-state index is -0.163. The van der Waals surface area contributed by atoms with Gasteiger partial charge in [0.2, 0.25) is 0 Å². The molecule has 0 unspecified atom stereocenters. The minimum Gasteiger partial charge on any atom is -0.409 e. The lowest BCUT2D eigenvalue weighted by Gasteiger charge is -2.25. The molecule has 1 amide bonds. The lowest BCUT2D eigenvalue weighted by molar-refractivity contribution is 0.0738. The second-order valence-corrected chi connectivity index (χ2v) is 4.37. The van der Waals surface area contributed by atoms with Gasteiger partial charge in [-0.3, -0.25) is 9.78 Å². The topological polar surface area (TPSA) is 91.8 Å². The van der Waals surface area contributed by atoms with Crippen LogP contribution in [0.15, 0.2) is 16.9 Å². The SMILES string of the molecule is CC(C)N(CC(N)=NO)C(=O)c1cncs1. The summed E-state index contributed by atoms with van der Waals surface area (Å²) in [5.74, 6) is -0.157. The number of thiazole rings is 1. The fourth-order valence-corrected chi connectivity index (χ4v) is 1.73. The maximum absolute atomic E-state index is 12.0. The Morgan fingerprint density at radius 3 is 2.88 bits per heavy atom. The third kappa shape index (κ3) is 2.93. The van der Waals surface area contributed by atoms with E-state index in [9.17, 15) is 4.79 Å². The van der Waals surface area contributed by atoms with Crippen LogP contribution in [-0.4, -0.2) is 39.4 Å². The molecule has 1 aromatic rings. The molecule has 88 valence electrons. The quantitative estimate of drug-likeness (QED) is 0.352. The highest BCUT2D eigenvalue weighted by molar-refractivity contribution is 7.11. The van der Waals surface area contributed by atoms with E-state index in [0.29, 0.717) is 4.88 Å². The Labute approximate surface area is 97.4 Å². The van der Waals surface area contributed by atoms with Crippen LogP contribution in [0.25, 0.3) is 0 Å². The van der Waals surface area contributed by atoms with Crippen molar-refractivity contribution in [3.8, 4) is 0 Å². The Bertz CT molecular complexity index is 375. The fourth-order valence-electron chi connectivity index (χ4n) is 1.16. The summed E-state index contributed by atoms with van der Waals surface area (Å²) in [7, 11) is 0. The van der Waals surface area contributed by atoms with Gasteiger partial charge in [-0.15, -0.1) is 11.3 Å². The molecule has 1 aromatic heterocycles. The summed E-state index contributed by atoms with van der Waals surface area (Å²) in [6.45, 7) is 3.83. The number of hydrogen-bond donors (Lipinski definition) is 2. The van der Waals surface area contributed by atoms with Gasteiger partial charge in [0.25, 0.3) is 5.91 Å². The Kier molecular flexibility index (Phi) is 4.24. The molecule has 0 aliphatic rings. The average molecular weight is 242 g/mol. The Morgan fingerprint density at radius 1 is 1.75 bits per heavy atom. The monoisotopic (exact) mass is 242 g/mol. The maximum atomic E-state index is 12.0. The fraction of sp³-hybridized carbons (Fsp3) is 0.444. The van der Waals surface area contributed by atoms with Crippen LogP contribution < -0.4 is 5.73 Å². The van der Waals surface area contributed by atoms with E-state index < -0.39 is 0 Å². The number of nitrogens with two attached hydrogens (primary N) is 1. The molecule has 7 heteroatoms. The summed E-state index contributed by atoms with van der Waals surface area (Å²) in [4.78, 5) is 17.9. The second-order valence-electron chi connectivity index (χ2n) is 3.48. The summed E-state index contributed by atoms with van der Waals surface area (Å²) in [6.07, 6.45) is 1.51. The molecule has 0 aliphatic heterocycles. The van der Waals surface area contributed by atoms with E-state index in [1.165, 1.54) is 22.4 Å². The number of nitrogens with zero attached hydrogens (tertiary/aromatic N) is 3. The second kappa shape index (κ2) is 5.45. The molecule has 3 N–H and O–H groups in total. The highest BCUT2D eigenvalue weighted by atomic mass is 32.1. The number of amides is 1. The van der Waals surface area contributed by atoms with Gasteiger partial charge in [0, 0.05) is 6.04 Å². The van der Waals surface area contributed by atoms with Gasteiger partial charge in [0.05, 0.1) is 18.3 Å². The maximum Gasteiger partial charge on any atom is 0.266 e. The predicted octanol–water partition coefficient (Wildman–Crippen LogP) is 0.740. The summed E-state index contributed by atoms with van der Waals surface area (Å²) in [5.41, 5.74) is 6.99. The zero-order valence-corrected chi connectivity index (χ0v) is 9.94. The van der Waals surface area contributed by atoms with Gasteiger partial charge in [-0.1, -0.05) is 5.16 Å². The number of amidine groups is 1. The molecule has 0 aliphatic carbocycles. The Balaban J connectivity index is 2.82. The van der Waals surface area contributed by atoms with E-state index in [4.69, 9.17) is 10.9 Å². The molecule has 16 heavy (non-hydrogen) atoms. The first kappa shape index (κ1) is 12.4. The van der Waals surface area contributed by atoms with Crippen molar-refractivity contribution in [2.75, 3.05) is 6.54 Å². The van der Waals surface area contributed by atoms with Crippen molar-refractivity contribution >= 4 is 23.1 Å². The van der Waals surface area contributed by atoms with E-state index in [1.807, 2.05) is 13.8 Å². The van der Waals surface area contributed by atoms with Crippen molar-refractivity contribution in [2.45, 2.75) is 19.9 Å². The molecule has 0 saturated heterocycles. The molecule has 1 heterocycles. The molecule has 0 atom stereocenters. The number of carbonyl (C=O) groups excluding carboxylic acids is 1. The number of carbonyl (C=O) groups is 1. The zero-order valence-electron chi connectivity index (χ0n) is 9.12. The Morgan fingerprint density at radius 2 is 2.44 bits per heavy atom. The van der Waals surface area contributed by atoms with E-state index in [0.717, 1.165) is 0 Å². The lowest BCUT2D eigenvalue weighted by atomic mass is 10.3. The largest absolute Gasteiger partial charge is 0.409 e. The van der Waals surface area contributed by atoms with Crippen LogP contribution >= 0.6 is 11.3 Å². The number of rotatable bonds is 4. The van der Waals surface area contributed by atoms with E-state index in [1.54, 1.807) is 5.51 Å². The van der Waals surface area contributed by atoms with Crippen LogP contribution in [0.2, 0.25) is 0 Å². The highest BCUT2D eigenvalue weighted by Gasteiger charge is 2.20. The van der Waals surface area contributed by atoms with Crippen LogP contribution in [0.4, 0.5) is 0 Å². The smallest absolute Gasteiger partial charge is 0.266 e. The molecule has 0 spiro atoms. The van der Waals surface area contributed by atoms with Crippen LogP contribution in [0.3, 0.4) is 0 Å². The van der Waals surface area contributed by atoms with Crippen molar-refractivity contribution in [1.82, 2.24) is 9.88 Å². The standard InChI is InChI=1S/C9H14N4O2S/c1-6(2)13(4-8(10)12-15)9(14)7-3-11-5-16-7/h3,5-6,15H,4H2,1-2H3,(H2,10,12). The molecule has 0 fully saturated rings.